The lowest BCUT2D eigenvalue weighted by atomic mass is 9.65. The van der Waals surface area contributed by atoms with E-state index in [0.29, 0.717) is 49.6 Å². The van der Waals surface area contributed by atoms with Crippen molar-refractivity contribution in [3.63, 3.8) is 0 Å². The molecule has 9 nitrogen and oxygen atoms in total. The number of ether oxygens (including phenoxy) is 2. The van der Waals surface area contributed by atoms with Crippen molar-refractivity contribution in [2.45, 2.75) is 82.3 Å². The first-order chi connectivity index (χ1) is 25.5. The molecule has 0 aromatic heterocycles. The molecule has 1 N–H and O–H groups in total. The third kappa shape index (κ3) is 8.26. The Bertz CT molecular complexity index is 1770. The number of anilines is 1. The molecule has 1 unspecified atom stereocenters. The second-order valence-electron chi connectivity index (χ2n) is 16.8. The van der Waals surface area contributed by atoms with Gasteiger partial charge in [0.2, 0.25) is 5.91 Å². The van der Waals surface area contributed by atoms with Gasteiger partial charge in [0.05, 0.1) is 35.2 Å². The topological polar surface area (TPSA) is 91.4 Å². The molecule has 1 saturated heterocycles. The van der Waals surface area contributed by atoms with Crippen LogP contribution in [-0.4, -0.2) is 103 Å². The Morgan fingerprint density at radius 2 is 1.91 bits per heavy atom. The summed E-state index contributed by atoms with van der Waals surface area (Å²) in [5.74, 6) is 6.30. The molecular weight excluding hydrogens is 708 g/mol. The number of rotatable bonds is 5. The van der Waals surface area contributed by atoms with Crippen molar-refractivity contribution in [2.75, 3.05) is 71.0 Å². The molecule has 1 saturated carbocycles. The number of hydrogen-bond donors (Lipinski definition) is 1. The zero-order valence-electron chi connectivity index (χ0n) is 32.0. The lowest BCUT2D eigenvalue weighted by Crippen LogP contribution is -2.50. The number of benzene rings is 2. The molecule has 2 amide bonds. The normalized spacial score (nSPS) is 32.8. The molecule has 0 radical (unpaired) electrons. The van der Waals surface area contributed by atoms with Gasteiger partial charge in [-0.05, 0) is 129 Å². The number of carbonyl (C=O) groups excluding carboxylic acids is 2. The molecule has 53 heavy (non-hydrogen) atoms. The van der Waals surface area contributed by atoms with E-state index in [2.05, 4.69) is 39.4 Å². The minimum atomic E-state index is -2.92. The molecular formula is C42H59ClN4O5S. The second-order valence-corrected chi connectivity index (χ2v) is 19.6. The number of amides is 2. The van der Waals surface area contributed by atoms with E-state index in [1.807, 2.05) is 30.0 Å². The van der Waals surface area contributed by atoms with Crippen LogP contribution in [0.5, 0.6) is 5.75 Å². The second kappa shape index (κ2) is 16.1. The number of aryl methyl sites for hydroxylation is 1. The van der Waals surface area contributed by atoms with Crippen LogP contribution < -0.4 is 14.4 Å². The van der Waals surface area contributed by atoms with Gasteiger partial charge >= 0.3 is 0 Å². The fourth-order valence-electron chi connectivity index (χ4n) is 9.95. The van der Waals surface area contributed by atoms with Crippen LogP contribution in [0.15, 0.2) is 36.4 Å². The molecule has 290 valence electrons. The van der Waals surface area contributed by atoms with Crippen LogP contribution in [0.2, 0.25) is 5.02 Å². The maximum Gasteiger partial charge on any atom is 0.262 e. The molecule has 3 aliphatic heterocycles. The van der Waals surface area contributed by atoms with Gasteiger partial charge in [0.15, 0.2) is 0 Å². The molecule has 2 bridgehead atoms. The van der Waals surface area contributed by atoms with Crippen molar-refractivity contribution in [2.24, 2.45) is 23.7 Å². The monoisotopic (exact) mass is 766 g/mol. The van der Waals surface area contributed by atoms with Gasteiger partial charge in [0, 0.05) is 67.6 Å². The third-order valence-corrected chi connectivity index (χ3v) is 15.8. The van der Waals surface area contributed by atoms with Gasteiger partial charge in [0.1, 0.15) is 5.75 Å². The molecule has 3 heterocycles. The Kier molecular flexibility index (Phi) is 11.7. The molecule has 2 fully saturated rings. The summed E-state index contributed by atoms with van der Waals surface area (Å²) in [6.45, 7) is 10.6. The molecule has 1 spiro atoms. The van der Waals surface area contributed by atoms with Crippen molar-refractivity contribution in [1.29, 1.82) is 0 Å². The number of hydrogen-bond acceptors (Lipinski definition) is 7. The van der Waals surface area contributed by atoms with Crippen LogP contribution in [-0.2, 0) is 31.1 Å². The van der Waals surface area contributed by atoms with Gasteiger partial charge in [-0.15, -0.1) is 0 Å². The van der Waals surface area contributed by atoms with Crippen LogP contribution in [0.4, 0.5) is 5.69 Å². The first-order valence-corrected chi connectivity index (χ1v) is 22.1. The van der Waals surface area contributed by atoms with E-state index in [0.717, 1.165) is 101 Å². The van der Waals surface area contributed by atoms with Gasteiger partial charge in [0.25, 0.3) is 5.91 Å². The summed E-state index contributed by atoms with van der Waals surface area (Å²) in [5.41, 5.74) is 3.81. The summed E-state index contributed by atoms with van der Waals surface area (Å²) in [7, 11) is -1.23. The Balaban J connectivity index is 1.22. The van der Waals surface area contributed by atoms with E-state index < -0.39 is 9.71 Å². The van der Waals surface area contributed by atoms with Crippen molar-refractivity contribution >= 4 is 44.7 Å². The molecule has 11 heteroatoms. The maximum atomic E-state index is 14.0. The lowest BCUT2D eigenvalue weighted by molar-refractivity contribution is -0.132. The molecule has 2 aliphatic carbocycles. The van der Waals surface area contributed by atoms with Gasteiger partial charge in [-0.3, -0.25) is 19.2 Å². The quantitative estimate of drug-likeness (QED) is 0.363. The van der Waals surface area contributed by atoms with Crippen LogP contribution >= 0.6 is 11.6 Å². The molecule has 5 aliphatic rings. The predicted octanol–water partition coefficient (Wildman–Crippen LogP) is 6.21. The highest BCUT2D eigenvalue weighted by atomic mass is 35.5. The van der Waals surface area contributed by atoms with Gasteiger partial charge in [-0.1, -0.05) is 31.0 Å². The molecule has 7 atom stereocenters. The zero-order chi connectivity index (χ0) is 37.3. The highest BCUT2D eigenvalue weighted by Gasteiger charge is 2.45. The highest BCUT2D eigenvalue weighted by molar-refractivity contribution is 7.99. The van der Waals surface area contributed by atoms with E-state index in [9.17, 15) is 13.8 Å². The zero-order valence-corrected chi connectivity index (χ0v) is 33.5. The number of halogens is 1. The first kappa shape index (κ1) is 38.5. The third-order valence-electron chi connectivity index (χ3n) is 13.4. The van der Waals surface area contributed by atoms with Gasteiger partial charge < -0.3 is 19.3 Å². The summed E-state index contributed by atoms with van der Waals surface area (Å²) in [5, 5.41) is 0.484. The molecule has 2 aromatic rings. The smallest absolute Gasteiger partial charge is 0.262 e. The lowest BCUT2D eigenvalue weighted by Gasteiger charge is -2.47. The van der Waals surface area contributed by atoms with Crippen molar-refractivity contribution in [3.8, 4) is 5.75 Å². The minimum absolute atomic E-state index is 0.125. The fraction of sp³-hybridized carbons (Fsp3) is 0.643. The van der Waals surface area contributed by atoms with Crippen molar-refractivity contribution in [1.82, 2.24) is 14.5 Å². The average Bonchev–Trinajstić information content (AvgIpc) is 3.38. The van der Waals surface area contributed by atoms with Gasteiger partial charge in [-0.2, -0.15) is 0 Å². The average molecular weight is 767 g/mol. The predicted molar refractivity (Wildman–Crippen MR) is 215 cm³/mol. The van der Waals surface area contributed by atoms with Crippen molar-refractivity contribution < 1.29 is 23.3 Å². The van der Waals surface area contributed by atoms with Gasteiger partial charge in [-0.25, -0.2) is 4.21 Å². The highest BCUT2D eigenvalue weighted by Crippen LogP contribution is 2.48. The summed E-state index contributed by atoms with van der Waals surface area (Å²) in [4.78, 5) is 34.0. The summed E-state index contributed by atoms with van der Waals surface area (Å²) < 4.78 is 28.9. The van der Waals surface area contributed by atoms with E-state index in [4.69, 9.17) is 21.1 Å². The summed E-state index contributed by atoms with van der Waals surface area (Å²) >= 11 is 6.51. The Hall–Kier alpha value is -2.79. The SMILES string of the molecule is C=S1(=O)NC(=O)c2ccc3c(c2)N(C[C@@H]2CC[C@H]2[C@@H](CN2CCCN(CCOC)C(=O)C2)CCC[C@H](C)[C@H]1C)C[C@@]1(CCCc2cc(Cl)ccc21)CO3. The number of carbonyl (C=O) groups is 2. The van der Waals surface area contributed by atoms with Crippen molar-refractivity contribution in [3.05, 3.63) is 58.1 Å². The number of methoxy groups -OCH3 is 1. The largest absolute Gasteiger partial charge is 0.490 e. The van der Waals surface area contributed by atoms with Crippen LogP contribution in [0, 0.1) is 23.7 Å². The maximum absolute atomic E-state index is 14.0. The van der Waals surface area contributed by atoms with E-state index >= 15 is 0 Å². The Morgan fingerprint density at radius 1 is 1.06 bits per heavy atom. The van der Waals surface area contributed by atoms with Crippen LogP contribution in [0.1, 0.15) is 86.7 Å². The van der Waals surface area contributed by atoms with Crippen LogP contribution in [0.25, 0.3) is 0 Å². The number of fused-ring (bicyclic) bond motifs is 4. The summed E-state index contributed by atoms with van der Waals surface area (Å²) in [6.07, 6.45) is 9.37. The molecule has 7 rings (SSSR count). The fourth-order valence-corrected chi connectivity index (χ4v) is 11.6. The van der Waals surface area contributed by atoms with E-state index in [1.54, 1.807) is 13.2 Å². The molecule has 2 aromatic carbocycles. The van der Waals surface area contributed by atoms with Crippen LogP contribution in [0.3, 0.4) is 0 Å². The number of nitrogens with one attached hydrogen (secondary N) is 1. The van der Waals surface area contributed by atoms with E-state index in [-0.39, 0.29) is 28.4 Å². The standard InChI is InChI=1S/C42H59ClN4O5S/c1-29-8-5-9-33(24-45-18-7-19-46(20-21-51-3)40(48)26-45)36-14-11-34(36)25-47-27-42(17-6-10-31-22-35(43)13-15-37(31)42)28-52-39-16-12-32(23-38(39)47)41(49)44-53(4,50)30(29)2/h12-13,15-16,22-23,29-30,33-34,36H,4-11,14,17-21,24-28H2,1-3H3,(H,44,49,50)/t29-,30+,33+,34-,36-,42-,53?/m0/s1. The van der Waals surface area contributed by atoms with E-state index in [1.165, 1.54) is 17.5 Å². The Morgan fingerprint density at radius 3 is 2.70 bits per heavy atom. The number of nitrogens with zero attached hydrogens (tertiary/aromatic N) is 3. The Labute approximate surface area is 322 Å². The minimum Gasteiger partial charge on any atom is -0.490 e. The first-order valence-electron chi connectivity index (χ1n) is 19.9. The summed E-state index contributed by atoms with van der Waals surface area (Å²) in [6, 6.07) is 12.0.